The van der Waals surface area contributed by atoms with Crippen LogP contribution in [-0.2, 0) is 0 Å². The molecule has 0 fully saturated rings. The van der Waals surface area contributed by atoms with Crippen LogP contribution in [0, 0.1) is 19.6 Å². The van der Waals surface area contributed by atoms with Gasteiger partial charge in [-0.3, -0.25) is 0 Å². The SMILES string of the molecule is [2H]C([2H])([2H])c1c(-c2ccc(F)cc2)ccc(C)c1O. The largest absolute Gasteiger partial charge is 0.507 e. The van der Waals surface area contributed by atoms with Crippen molar-refractivity contribution in [3.8, 4) is 16.9 Å². The Morgan fingerprint density at radius 3 is 2.44 bits per heavy atom. The summed E-state index contributed by atoms with van der Waals surface area (Å²) in [4.78, 5) is 0. The molecule has 2 aromatic rings. The molecule has 0 unspecified atom stereocenters. The van der Waals surface area contributed by atoms with Crippen LogP contribution >= 0.6 is 0 Å². The van der Waals surface area contributed by atoms with Gasteiger partial charge in [0.25, 0.3) is 0 Å². The average Bonchev–Trinajstić information content (AvgIpc) is 2.32. The minimum Gasteiger partial charge on any atom is -0.507 e. The molecule has 1 nitrogen and oxygen atoms in total. The van der Waals surface area contributed by atoms with Crippen molar-refractivity contribution in [2.45, 2.75) is 13.8 Å². The number of phenols is 1. The Balaban J connectivity index is 2.70. The molecular weight excluding hydrogens is 203 g/mol. The van der Waals surface area contributed by atoms with Crippen LogP contribution in [0.2, 0.25) is 0 Å². The van der Waals surface area contributed by atoms with E-state index in [0.29, 0.717) is 16.7 Å². The highest BCUT2D eigenvalue weighted by molar-refractivity contribution is 5.70. The molecule has 0 aromatic heterocycles. The predicted octanol–water partition coefficient (Wildman–Crippen LogP) is 3.82. The monoisotopic (exact) mass is 219 g/mol. The van der Waals surface area contributed by atoms with Gasteiger partial charge in [0.2, 0.25) is 0 Å². The second-order valence-electron chi connectivity index (χ2n) is 3.66. The molecule has 1 N–H and O–H groups in total. The van der Waals surface area contributed by atoms with E-state index in [1.165, 1.54) is 24.3 Å². The van der Waals surface area contributed by atoms with Crippen LogP contribution in [0.5, 0.6) is 5.75 Å². The molecular formula is C14H13FO. The van der Waals surface area contributed by atoms with Gasteiger partial charge in [0.05, 0.1) is 0 Å². The second kappa shape index (κ2) is 3.97. The maximum absolute atomic E-state index is 12.9. The van der Waals surface area contributed by atoms with Crippen molar-refractivity contribution in [2.75, 3.05) is 0 Å². The maximum Gasteiger partial charge on any atom is 0.123 e. The number of hydrogen-bond acceptors (Lipinski definition) is 1. The van der Waals surface area contributed by atoms with E-state index in [0.717, 1.165) is 0 Å². The van der Waals surface area contributed by atoms with E-state index < -0.39 is 12.7 Å². The molecule has 0 radical (unpaired) electrons. The summed E-state index contributed by atoms with van der Waals surface area (Å²) in [5, 5.41) is 10.00. The van der Waals surface area contributed by atoms with Crippen molar-refractivity contribution in [3.05, 3.63) is 53.3 Å². The van der Waals surface area contributed by atoms with Crippen molar-refractivity contribution in [2.24, 2.45) is 0 Å². The van der Waals surface area contributed by atoms with Crippen molar-refractivity contribution in [3.63, 3.8) is 0 Å². The lowest BCUT2D eigenvalue weighted by Crippen LogP contribution is -1.87. The normalized spacial score (nSPS) is 14.0. The minimum absolute atomic E-state index is 0.0980. The number of benzene rings is 2. The van der Waals surface area contributed by atoms with Crippen molar-refractivity contribution >= 4 is 0 Å². The fourth-order valence-electron chi connectivity index (χ4n) is 1.57. The van der Waals surface area contributed by atoms with E-state index in [1.807, 2.05) is 0 Å². The van der Waals surface area contributed by atoms with Gasteiger partial charge in [-0.25, -0.2) is 4.39 Å². The quantitative estimate of drug-likeness (QED) is 0.773. The number of phenolic OH excluding ortho intramolecular Hbond substituents is 1. The highest BCUT2D eigenvalue weighted by Gasteiger charge is 2.07. The molecule has 16 heavy (non-hydrogen) atoms. The Bertz CT molecular complexity index is 603. The van der Waals surface area contributed by atoms with Gasteiger partial charge in [-0.2, -0.15) is 0 Å². The first-order valence-electron chi connectivity index (χ1n) is 6.39. The Labute approximate surface area is 98.4 Å². The summed E-state index contributed by atoms with van der Waals surface area (Å²) in [7, 11) is 0. The third kappa shape index (κ3) is 1.78. The van der Waals surface area contributed by atoms with Gasteiger partial charge in [0, 0.05) is 4.11 Å². The number of hydrogen-bond donors (Lipinski definition) is 1. The Morgan fingerprint density at radius 1 is 1.12 bits per heavy atom. The van der Waals surface area contributed by atoms with Crippen molar-refractivity contribution in [1.29, 1.82) is 0 Å². The van der Waals surface area contributed by atoms with Crippen LogP contribution in [0.1, 0.15) is 15.2 Å². The molecule has 0 atom stereocenters. The van der Waals surface area contributed by atoms with Crippen molar-refractivity contribution < 1.29 is 13.6 Å². The van der Waals surface area contributed by atoms with Gasteiger partial charge < -0.3 is 5.11 Å². The average molecular weight is 219 g/mol. The van der Waals surface area contributed by atoms with Gasteiger partial charge >= 0.3 is 0 Å². The molecule has 2 aromatic carbocycles. The van der Waals surface area contributed by atoms with Gasteiger partial charge in [-0.1, -0.05) is 24.3 Å². The molecule has 0 saturated carbocycles. The number of rotatable bonds is 1. The number of aromatic hydroxyl groups is 1. The van der Waals surface area contributed by atoms with Crippen LogP contribution in [0.3, 0.4) is 0 Å². The van der Waals surface area contributed by atoms with Gasteiger partial charge in [-0.15, -0.1) is 0 Å². The standard InChI is InChI=1S/C14H13FO/c1-9-3-8-13(10(2)14(9)16)11-4-6-12(15)7-5-11/h3-8,16H,1-2H3/i2D3. The summed E-state index contributed by atoms with van der Waals surface area (Å²) in [6.07, 6.45) is 0. The van der Waals surface area contributed by atoms with Crippen molar-refractivity contribution in [1.82, 2.24) is 0 Å². The lowest BCUT2D eigenvalue weighted by Gasteiger charge is -2.09. The Hall–Kier alpha value is -1.83. The zero-order valence-corrected chi connectivity index (χ0v) is 8.79. The highest BCUT2D eigenvalue weighted by Crippen LogP contribution is 2.31. The van der Waals surface area contributed by atoms with E-state index >= 15 is 0 Å². The van der Waals surface area contributed by atoms with E-state index in [1.54, 1.807) is 19.1 Å². The topological polar surface area (TPSA) is 20.2 Å². The molecule has 0 aliphatic heterocycles. The maximum atomic E-state index is 12.9. The molecule has 0 amide bonds. The summed E-state index contributed by atoms with van der Waals surface area (Å²) in [5.74, 6) is -0.627. The van der Waals surface area contributed by atoms with Crippen LogP contribution < -0.4 is 0 Å². The summed E-state index contributed by atoms with van der Waals surface area (Å²) >= 11 is 0. The number of aryl methyl sites for hydroxylation is 1. The summed E-state index contributed by atoms with van der Waals surface area (Å²) in [6, 6.07) is 8.78. The minimum atomic E-state index is -2.43. The lowest BCUT2D eigenvalue weighted by atomic mass is 9.98. The fraction of sp³-hybridized carbons (Fsp3) is 0.143. The molecule has 82 valence electrons. The molecule has 0 aliphatic carbocycles. The Kier molecular flexibility index (Phi) is 1.85. The van der Waals surface area contributed by atoms with E-state index in [-0.39, 0.29) is 11.3 Å². The van der Waals surface area contributed by atoms with Gasteiger partial charge in [0.1, 0.15) is 11.6 Å². The first-order chi connectivity index (χ1) is 8.80. The first kappa shape index (κ1) is 7.44. The fourth-order valence-corrected chi connectivity index (χ4v) is 1.57. The lowest BCUT2D eigenvalue weighted by molar-refractivity contribution is 0.467. The summed E-state index contributed by atoms with van der Waals surface area (Å²) in [6.45, 7) is -0.793. The van der Waals surface area contributed by atoms with E-state index in [4.69, 9.17) is 4.11 Å². The van der Waals surface area contributed by atoms with Gasteiger partial charge in [-0.05, 0) is 48.2 Å². The predicted molar refractivity (Wildman–Crippen MR) is 63.0 cm³/mol. The number of halogens is 1. The highest BCUT2D eigenvalue weighted by atomic mass is 19.1. The third-order valence-corrected chi connectivity index (χ3v) is 2.53. The molecule has 0 spiro atoms. The zero-order chi connectivity index (χ0) is 14.2. The Morgan fingerprint density at radius 2 is 1.81 bits per heavy atom. The van der Waals surface area contributed by atoms with Crippen LogP contribution in [0.4, 0.5) is 4.39 Å². The molecule has 2 heteroatoms. The van der Waals surface area contributed by atoms with Gasteiger partial charge in [0.15, 0.2) is 0 Å². The second-order valence-corrected chi connectivity index (χ2v) is 3.66. The van der Waals surface area contributed by atoms with E-state index in [2.05, 4.69) is 0 Å². The molecule has 0 aliphatic rings. The van der Waals surface area contributed by atoms with Crippen LogP contribution in [0.25, 0.3) is 11.1 Å². The smallest absolute Gasteiger partial charge is 0.123 e. The van der Waals surface area contributed by atoms with E-state index in [9.17, 15) is 9.50 Å². The molecule has 0 saturated heterocycles. The summed E-state index contributed by atoms with van der Waals surface area (Å²) in [5.41, 5.74) is 1.35. The first-order valence-corrected chi connectivity index (χ1v) is 4.89. The molecule has 0 bridgehead atoms. The molecule has 2 rings (SSSR count). The third-order valence-electron chi connectivity index (χ3n) is 2.53. The summed E-state index contributed by atoms with van der Waals surface area (Å²) < 4.78 is 35.5. The molecule has 0 heterocycles. The van der Waals surface area contributed by atoms with Crippen LogP contribution in [0.15, 0.2) is 36.4 Å². The van der Waals surface area contributed by atoms with Crippen LogP contribution in [-0.4, -0.2) is 5.11 Å². The zero-order valence-electron chi connectivity index (χ0n) is 11.8.